The van der Waals surface area contributed by atoms with E-state index in [2.05, 4.69) is 4.98 Å². The molecule has 6 heteroatoms. The zero-order valence-electron chi connectivity index (χ0n) is 11.1. The van der Waals surface area contributed by atoms with Gasteiger partial charge in [-0.05, 0) is 29.8 Å². The third-order valence-corrected chi connectivity index (χ3v) is 3.55. The number of rotatable bonds is 2. The minimum atomic E-state index is -0.0348. The second-order valence-electron chi connectivity index (χ2n) is 4.84. The molecule has 3 N–H and O–H groups in total. The van der Waals surface area contributed by atoms with E-state index in [1.54, 1.807) is 10.6 Å². The number of benzene rings is 1. The van der Waals surface area contributed by atoms with E-state index in [1.807, 2.05) is 30.3 Å². The van der Waals surface area contributed by atoms with Crippen molar-refractivity contribution in [1.82, 2.24) is 9.38 Å². The van der Waals surface area contributed by atoms with Gasteiger partial charge in [0.2, 0.25) is 6.79 Å². The summed E-state index contributed by atoms with van der Waals surface area (Å²) in [6.07, 6.45) is 1.79. The van der Waals surface area contributed by atoms with Crippen LogP contribution in [0.5, 0.6) is 11.5 Å². The topological polar surface area (TPSA) is 82.0 Å². The van der Waals surface area contributed by atoms with Gasteiger partial charge in [0.15, 0.2) is 11.5 Å². The Morgan fingerprint density at radius 1 is 1.19 bits per heavy atom. The minimum absolute atomic E-state index is 0.0348. The Kier molecular flexibility index (Phi) is 2.52. The number of imidazole rings is 1. The maximum Gasteiger partial charge on any atom is 0.231 e. The van der Waals surface area contributed by atoms with Crippen LogP contribution in [0.2, 0.25) is 0 Å². The Hall–Kier alpha value is -2.73. The molecule has 0 unspecified atom stereocenters. The van der Waals surface area contributed by atoms with Crippen LogP contribution in [0.3, 0.4) is 0 Å². The molecule has 1 aromatic carbocycles. The van der Waals surface area contributed by atoms with E-state index in [0.29, 0.717) is 17.3 Å². The molecule has 0 aliphatic carbocycles. The number of aliphatic hydroxyl groups excluding tert-OH is 1. The number of anilines is 1. The zero-order chi connectivity index (χ0) is 14.4. The first-order valence-electron chi connectivity index (χ1n) is 6.53. The van der Waals surface area contributed by atoms with Crippen molar-refractivity contribution in [1.29, 1.82) is 0 Å². The lowest BCUT2D eigenvalue weighted by Crippen LogP contribution is -1.96. The van der Waals surface area contributed by atoms with Crippen LogP contribution in [-0.2, 0) is 6.61 Å². The average Bonchev–Trinajstić information content (AvgIpc) is 3.11. The molecule has 2 aromatic heterocycles. The van der Waals surface area contributed by atoms with Gasteiger partial charge >= 0.3 is 0 Å². The summed E-state index contributed by atoms with van der Waals surface area (Å²) in [4.78, 5) is 4.54. The predicted molar refractivity (Wildman–Crippen MR) is 77.1 cm³/mol. The lowest BCUT2D eigenvalue weighted by atomic mass is 10.1. The molecule has 0 fully saturated rings. The Labute approximate surface area is 120 Å². The second kappa shape index (κ2) is 4.39. The summed E-state index contributed by atoms with van der Waals surface area (Å²) in [5.41, 5.74) is 9.25. The number of nitrogens with zero attached hydrogens (tertiary/aromatic N) is 2. The number of aliphatic hydroxyl groups is 1. The van der Waals surface area contributed by atoms with Crippen molar-refractivity contribution >= 4 is 11.5 Å². The van der Waals surface area contributed by atoms with Crippen LogP contribution in [0, 0.1) is 0 Å². The molecule has 3 heterocycles. The fourth-order valence-electron chi connectivity index (χ4n) is 2.46. The van der Waals surface area contributed by atoms with Crippen molar-refractivity contribution in [2.75, 3.05) is 12.5 Å². The first kappa shape index (κ1) is 12.0. The standard InChI is InChI=1S/C15H13N3O3/c16-15-14(10-2-3-11-12(5-10)21-8-20-11)17-13-4-1-9(7-19)6-18(13)15/h1-6,19H,7-8,16H2. The molecule has 21 heavy (non-hydrogen) atoms. The molecule has 0 spiro atoms. The molecule has 106 valence electrons. The molecule has 4 rings (SSSR count). The van der Waals surface area contributed by atoms with Gasteiger partial charge in [-0.15, -0.1) is 0 Å². The van der Waals surface area contributed by atoms with Gasteiger partial charge in [-0.3, -0.25) is 4.40 Å². The lowest BCUT2D eigenvalue weighted by Gasteiger charge is -2.02. The van der Waals surface area contributed by atoms with Crippen molar-refractivity contribution in [3.8, 4) is 22.8 Å². The summed E-state index contributed by atoms with van der Waals surface area (Å²) in [6.45, 7) is 0.201. The fourth-order valence-corrected chi connectivity index (χ4v) is 2.46. The quantitative estimate of drug-likeness (QED) is 0.749. The van der Waals surface area contributed by atoms with Gasteiger partial charge in [-0.25, -0.2) is 4.98 Å². The molecule has 6 nitrogen and oxygen atoms in total. The maximum absolute atomic E-state index is 9.21. The number of ether oxygens (including phenoxy) is 2. The van der Waals surface area contributed by atoms with Crippen LogP contribution in [0.15, 0.2) is 36.5 Å². The molecule has 1 aliphatic heterocycles. The van der Waals surface area contributed by atoms with E-state index >= 15 is 0 Å². The van der Waals surface area contributed by atoms with Crippen molar-refractivity contribution in [2.24, 2.45) is 0 Å². The number of nitrogen functional groups attached to an aromatic ring is 1. The van der Waals surface area contributed by atoms with Crippen LogP contribution in [0.1, 0.15) is 5.56 Å². The number of pyridine rings is 1. The maximum atomic E-state index is 9.21. The summed E-state index contributed by atoms with van der Waals surface area (Å²) >= 11 is 0. The van der Waals surface area contributed by atoms with Crippen molar-refractivity contribution in [2.45, 2.75) is 6.61 Å². The van der Waals surface area contributed by atoms with E-state index in [4.69, 9.17) is 15.2 Å². The van der Waals surface area contributed by atoms with Crippen LogP contribution in [-0.4, -0.2) is 21.3 Å². The number of nitrogens with two attached hydrogens (primary N) is 1. The Balaban J connectivity index is 1.88. The summed E-state index contributed by atoms with van der Waals surface area (Å²) in [6, 6.07) is 9.27. The molecule has 0 bridgehead atoms. The Morgan fingerprint density at radius 3 is 2.90 bits per heavy atom. The van der Waals surface area contributed by atoms with Gasteiger partial charge in [0.25, 0.3) is 0 Å². The molecule has 0 radical (unpaired) electrons. The highest BCUT2D eigenvalue weighted by Gasteiger charge is 2.17. The Bertz CT molecular complexity index is 842. The number of hydrogen-bond donors (Lipinski definition) is 2. The van der Waals surface area contributed by atoms with E-state index in [0.717, 1.165) is 22.5 Å². The highest BCUT2D eigenvalue weighted by Crippen LogP contribution is 2.37. The van der Waals surface area contributed by atoms with Crippen molar-refractivity contribution in [3.05, 3.63) is 42.1 Å². The van der Waals surface area contributed by atoms with Gasteiger partial charge < -0.3 is 20.3 Å². The second-order valence-corrected chi connectivity index (χ2v) is 4.84. The van der Waals surface area contributed by atoms with Gasteiger partial charge in [-0.2, -0.15) is 0 Å². The monoisotopic (exact) mass is 283 g/mol. The molecule has 1 aliphatic rings. The molecule has 0 atom stereocenters. The van der Waals surface area contributed by atoms with Gasteiger partial charge in [-0.1, -0.05) is 6.07 Å². The van der Waals surface area contributed by atoms with Crippen LogP contribution in [0.25, 0.3) is 16.9 Å². The first-order valence-corrected chi connectivity index (χ1v) is 6.53. The summed E-state index contributed by atoms with van der Waals surface area (Å²) < 4.78 is 12.5. The summed E-state index contributed by atoms with van der Waals surface area (Å²) in [5, 5.41) is 9.21. The van der Waals surface area contributed by atoms with E-state index in [9.17, 15) is 5.11 Å². The molecule has 0 amide bonds. The number of fused-ring (bicyclic) bond motifs is 2. The normalized spacial score (nSPS) is 13.0. The molecular weight excluding hydrogens is 270 g/mol. The van der Waals surface area contributed by atoms with Crippen LogP contribution < -0.4 is 15.2 Å². The van der Waals surface area contributed by atoms with Gasteiger partial charge in [0.1, 0.15) is 17.2 Å². The number of hydrogen-bond acceptors (Lipinski definition) is 5. The van der Waals surface area contributed by atoms with Gasteiger partial charge in [0, 0.05) is 11.8 Å². The lowest BCUT2D eigenvalue weighted by molar-refractivity contribution is 0.174. The molecule has 3 aromatic rings. The molecular formula is C15H13N3O3. The average molecular weight is 283 g/mol. The van der Waals surface area contributed by atoms with E-state index in [1.165, 1.54) is 0 Å². The smallest absolute Gasteiger partial charge is 0.231 e. The zero-order valence-corrected chi connectivity index (χ0v) is 11.1. The van der Waals surface area contributed by atoms with Crippen LogP contribution in [0.4, 0.5) is 5.82 Å². The third kappa shape index (κ3) is 1.80. The third-order valence-electron chi connectivity index (χ3n) is 3.55. The largest absolute Gasteiger partial charge is 0.454 e. The van der Waals surface area contributed by atoms with E-state index in [-0.39, 0.29) is 13.4 Å². The number of aromatic nitrogens is 2. The molecule has 0 saturated heterocycles. The first-order chi connectivity index (χ1) is 10.3. The highest BCUT2D eigenvalue weighted by atomic mass is 16.7. The Morgan fingerprint density at radius 2 is 2.05 bits per heavy atom. The van der Waals surface area contributed by atoms with Crippen molar-refractivity contribution < 1.29 is 14.6 Å². The highest BCUT2D eigenvalue weighted by molar-refractivity contribution is 5.76. The van der Waals surface area contributed by atoms with Gasteiger partial charge in [0.05, 0.1) is 6.61 Å². The summed E-state index contributed by atoms with van der Waals surface area (Å²) in [7, 11) is 0. The SMILES string of the molecule is Nc1c(-c2ccc3c(c2)OCO3)nc2ccc(CO)cn12. The fraction of sp³-hybridized carbons (Fsp3) is 0.133. The summed E-state index contributed by atoms with van der Waals surface area (Å²) in [5.74, 6) is 1.95. The minimum Gasteiger partial charge on any atom is -0.454 e. The van der Waals surface area contributed by atoms with Crippen molar-refractivity contribution in [3.63, 3.8) is 0 Å². The van der Waals surface area contributed by atoms with E-state index < -0.39 is 0 Å². The molecule has 0 saturated carbocycles. The predicted octanol–water partition coefficient (Wildman–Crippen LogP) is 1.80. The van der Waals surface area contributed by atoms with Crippen LogP contribution >= 0.6 is 0 Å².